The molecule has 4 nitrogen and oxygen atoms in total. The SMILES string of the molecule is CN1CCN(c2ccc3c(=O)c4cc(F)ccc4n(C)c3c2)CC1. The standard InChI is InChI=1S/C19H20FN3O/c1-21-7-9-23(10-8-21)14-4-5-15-18(12-14)22(2)17-6-3-13(20)11-16(17)19(15)24/h3-6,11-12H,7-10H2,1-2H3. The number of fused-ring (bicyclic) bond motifs is 2. The highest BCUT2D eigenvalue weighted by Crippen LogP contribution is 2.24. The second kappa shape index (κ2) is 5.60. The number of benzene rings is 2. The summed E-state index contributed by atoms with van der Waals surface area (Å²) < 4.78 is 15.5. The second-order valence-corrected chi connectivity index (χ2v) is 6.54. The van der Waals surface area contributed by atoms with Crippen molar-refractivity contribution in [2.75, 3.05) is 38.1 Å². The van der Waals surface area contributed by atoms with Crippen LogP contribution in [-0.4, -0.2) is 42.7 Å². The quantitative estimate of drug-likeness (QED) is 0.644. The maximum Gasteiger partial charge on any atom is 0.197 e. The van der Waals surface area contributed by atoms with Gasteiger partial charge in [-0.25, -0.2) is 4.39 Å². The zero-order valence-electron chi connectivity index (χ0n) is 13.9. The van der Waals surface area contributed by atoms with Crippen LogP contribution in [-0.2, 0) is 7.05 Å². The Balaban J connectivity index is 1.91. The summed E-state index contributed by atoms with van der Waals surface area (Å²) in [4.78, 5) is 17.4. The average molecular weight is 325 g/mol. The number of aromatic nitrogens is 1. The van der Waals surface area contributed by atoms with Gasteiger partial charge in [-0.15, -0.1) is 0 Å². The second-order valence-electron chi connectivity index (χ2n) is 6.54. The lowest BCUT2D eigenvalue weighted by atomic mass is 10.1. The van der Waals surface area contributed by atoms with E-state index < -0.39 is 0 Å². The van der Waals surface area contributed by atoms with Crippen LogP contribution < -0.4 is 10.3 Å². The molecule has 0 atom stereocenters. The van der Waals surface area contributed by atoms with Crippen molar-refractivity contribution in [3.05, 3.63) is 52.4 Å². The third-order valence-electron chi connectivity index (χ3n) is 5.02. The molecule has 0 unspecified atom stereocenters. The van der Waals surface area contributed by atoms with Crippen molar-refractivity contribution in [2.24, 2.45) is 7.05 Å². The smallest absolute Gasteiger partial charge is 0.197 e. The molecule has 3 aromatic rings. The molecule has 0 aliphatic carbocycles. The van der Waals surface area contributed by atoms with E-state index in [1.54, 1.807) is 6.07 Å². The zero-order chi connectivity index (χ0) is 16.8. The van der Waals surface area contributed by atoms with Crippen LogP contribution in [0, 0.1) is 5.82 Å². The largest absolute Gasteiger partial charge is 0.369 e. The molecular formula is C19H20FN3O. The summed E-state index contributed by atoms with van der Waals surface area (Å²) in [5.74, 6) is -0.381. The molecule has 5 heteroatoms. The van der Waals surface area contributed by atoms with Gasteiger partial charge in [-0.05, 0) is 43.4 Å². The minimum Gasteiger partial charge on any atom is -0.369 e. The van der Waals surface area contributed by atoms with Gasteiger partial charge in [0.05, 0.1) is 11.0 Å². The van der Waals surface area contributed by atoms with Crippen molar-refractivity contribution in [2.45, 2.75) is 0 Å². The lowest BCUT2D eigenvalue weighted by Crippen LogP contribution is -2.44. The van der Waals surface area contributed by atoms with E-state index in [2.05, 4.69) is 22.9 Å². The highest BCUT2D eigenvalue weighted by molar-refractivity contribution is 5.94. The summed E-state index contributed by atoms with van der Waals surface area (Å²) >= 11 is 0. The van der Waals surface area contributed by atoms with Gasteiger partial charge < -0.3 is 14.4 Å². The van der Waals surface area contributed by atoms with Crippen molar-refractivity contribution in [3.63, 3.8) is 0 Å². The van der Waals surface area contributed by atoms with Crippen LogP contribution in [0.25, 0.3) is 21.8 Å². The molecule has 1 aliphatic heterocycles. The molecule has 0 saturated carbocycles. The molecule has 1 aromatic heterocycles. The number of hydrogen-bond donors (Lipinski definition) is 0. The number of anilines is 1. The Kier molecular flexibility index (Phi) is 3.53. The van der Waals surface area contributed by atoms with E-state index in [1.807, 2.05) is 23.7 Å². The first-order valence-corrected chi connectivity index (χ1v) is 8.20. The summed E-state index contributed by atoms with van der Waals surface area (Å²) in [6.07, 6.45) is 0. The van der Waals surface area contributed by atoms with Crippen molar-refractivity contribution in [1.29, 1.82) is 0 Å². The van der Waals surface area contributed by atoms with Crippen LogP contribution in [0.1, 0.15) is 0 Å². The summed E-state index contributed by atoms with van der Waals surface area (Å²) in [6.45, 7) is 4.03. The van der Waals surface area contributed by atoms with Crippen molar-refractivity contribution in [1.82, 2.24) is 9.47 Å². The number of halogens is 1. The van der Waals surface area contributed by atoms with Gasteiger partial charge in [0.2, 0.25) is 0 Å². The van der Waals surface area contributed by atoms with Gasteiger partial charge in [0.15, 0.2) is 5.43 Å². The summed E-state index contributed by atoms with van der Waals surface area (Å²) in [5.41, 5.74) is 2.66. The van der Waals surface area contributed by atoms with Gasteiger partial charge >= 0.3 is 0 Å². The Bertz CT molecular complexity index is 987. The molecule has 1 aliphatic rings. The Morgan fingerprint density at radius 3 is 2.38 bits per heavy atom. The fourth-order valence-corrected chi connectivity index (χ4v) is 3.51. The van der Waals surface area contributed by atoms with E-state index in [0.717, 1.165) is 42.9 Å². The molecular weight excluding hydrogens is 305 g/mol. The summed E-state index contributed by atoms with van der Waals surface area (Å²) in [5, 5.41) is 1.06. The first kappa shape index (κ1) is 15.1. The molecule has 2 heterocycles. The number of likely N-dealkylation sites (N-methyl/N-ethyl adjacent to an activating group) is 1. The Morgan fingerprint density at radius 1 is 0.875 bits per heavy atom. The van der Waals surface area contributed by atoms with Crippen molar-refractivity contribution < 1.29 is 4.39 Å². The van der Waals surface area contributed by atoms with Gasteiger partial charge in [0.1, 0.15) is 5.82 Å². The van der Waals surface area contributed by atoms with Crippen LogP contribution in [0.3, 0.4) is 0 Å². The molecule has 2 aromatic carbocycles. The van der Waals surface area contributed by atoms with Crippen molar-refractivity contribution in [3.8, 4) is 0 Å². The molecule has 0 spiro atoms. The van der Waals surface area contributed by atoms with E-state index in [0.29, 0.717) is 10.8 Å². The molecule has 0 bridgehead atoms. The van der Waals surface area contributed by atoms with Crippen LogP contribution >= 0.6 is 0 Å². The Morgan fingerprint density at radius 2 is 1.62 bits per heavy atom. The van der Waals surface area contributed by atoms with Crippen LogP contribution in [0.2, 0.25) is 0 Å². The van der Waals surface area contributed by atoms with Crippen LogP contribution in [0.5, 0.6) is 0 Å². The van der Waals surface area contributed by atoms with Gasteiger partial charge in [0.25, 0.3) is 0 Å². The maximum absolute atomic E-state index is 13.5. The minimum atomic E-state index is -0.381. The Labute approximate surface area is 139 Å². The minimum absolute atomic E-state index is 0.109. The molecule has 4 rings (SSSR count). The lowest BCUT2D eigenvalue weighted by Gasteiger charge is -2.34. The van der Waals surface area contributed by atoms with E-state index in [4.69, 9.17) is 0 Å². The number of rotatable bonds is 1. The highest BCUT2D eigenvalue weighted by Gasteiger charge is 2.16. The van der Waals surface area contributed by atoms with Gasteiger partial charge in [0, 0.05) is 49.7 Å². The monoisotopic (exact) mass is 325 g/mol. The zero-order valence-corrected chi connectivity index (χ0v) is 13.9. The predicted molar refractivity (Wildman–Crippen MR) is 96.4 cm³/mol. The molecule has 1 saturated heterocycles. The molecule has 24 heavy (non-hydrogen) atoms. The van der Waals surface area contributed by atoms with E-state index in [9.17, 15) is 9.18 Å². The lowest BCUT2D eigenvalue weighted by molar-refractivity contribution is 0.313. The fraction of sp³-hybridized carbons (Fsp3) is 0.316. The molecule has 0 amide bonds. The molecule has 0 radical (unpaired) electrons. The fourth-order valence-electron chi connectivity index (χ4n) is 3.51. The van der Waals surface area contributed by atoms with E-state index in [1.165, 1.54) is 12.1 Å². The number of aryl methyl sites for hydroxylation is 1. The maximum atomic E-state index is 13.5. The Hall–Kier alpha value is -2.40. The van der Waals surface area contributed by atoms with Crippen molar-refractivity contribution >= 4 is 27.5 Å². The summed E-state index contributed by atoms with van der Waals surface area (Å²) in [7, 11) is 4.06. The number of pyridine rings is 1. The average Bonchev–Trinajstić information content (AvgIpc) is 2.60. The number of hydrogen-bond acceptors (Lipinski definition) is 3. The third kappa shape index (κ3) is 2.36. The highest BCUT2D eigenvalue weighted by atomic mass is 19.1. The van der Waals surface area contributed by atoms with Gasteiger partial charge in [-0.1, -0.05) is 0 Å². The first-order chi connectivity index (χ1) is 11.5. The predicted octanol–water partition coefficient (Wildman–Crippen LogP) is 2.58. The third-order valence-corrected chi connectivity index (χ3v) is 5.02. The van der Waals surface area contributed by atoms with Crippen LogP contribution in [0.4, 0.5) is 10.1 Å². The van der Waals surface area contributed by atoms with E-state index in [-0.39, 0.29) is 11.2 Å². The van der Waals surface area contributed by atoms with E-state index >= 15 is 0 Å². The van der Waals surface area contributed by atoms with Gasteiger partial charge in [-0.3, -0.25) is 4.79 Å². The first-order valence-electron chi connectivity index (χ1n) is 8.20. The molecule has 124 valence electrons. The topological polar surface area (TPSA) is 28.5 Å². The summed E-state index contributed by atoms with van der Waals surface area (Å²) in [6, 6.07) is 10.3. The molecule has 0 N–H and O–H groups in total. The van der Waals surface area contributed by atoms with Crippen LogP contribution in [0.15, 0.2) is 41.2 Å². The normalized spacial score (nSPS) is 16.2. The number of nitrogens with zero attached hydrogens (tertiary/aromatic N) is 3. The molecule has 1 fully saturated rings. The number of piperazine rings is 1. The van der Waals surface area contributed by atoms with Gasteiger partial charge in [-0.2, -0.15) is 0 Å².